The Hall–Kier alpha value is -1.03. The summed E-state index contributed by atoms with van der Waals surface area (Å²) in [6.07, 6.45) is 0.821. The first-order valence-electron chi connectivity index (χ1n) is 4.46. The molecule has 0 unspecified atom stereocenters. The van der Waals surface area contributed by atoms with Gasteiger partial charge in [0.05, 0.1) is 11.6 Å². The molecular weight excluding hydrogens is 168 g/mol. The molecule has 0 saturated heterocycles. The van der Waals surface area contributed by atoms with E-state index >= 15 is 0 Å². The summed E-state index contributed by atoms with van der Waals surface area (Å²) in [5, 5.41) is 2.28. The van der Waals surface area contributed by atoms with Gasteiger partial charge in [0.2, 0.25) is 0 Å². The highest BCUT2D eigenvalue weighted by Gasteiger charge is 2.16. The zero-order valence-electron chi connectivity index (χ0n) is 8.26. The van der Waals surface area contributed by atoms with Crippen LogP contribution in [0.15, 0.2) is 9.32 Å². The summed E-state index contributed by atoms with van der Waals surface area (Å²) in [5.41, 5.74) is 6.26. The van der Waals surface area contributed by atoms with Gasteiger partial charge in [-0.05, 0) is 19.3 Å². The second-order valence-electron chi connectivity index (χ2n) is 3.76. The Morgan fingerprint density at radius 1 is 1.54 bits per heavy atom. The number of aromatic nitrogens is 1. The van der Waals surface area contributed by atoms with E-state index in [9.17, 15) is 4.79 Å². The van der Waals surface area contributed by atoms with Crippen molar-refractivity contribution in [3.05, 3.63) is 21.7 Å². The van der Waals surface area contributed by atoms with Crippen molar-refractivity contribution in [2.75, 3.05) is 0 Å². The van der Waals surface area contributed by atoms with E-state index in [0.717, 1.165) is 6.42 Å². The molecule has 0 fully saturated rings. The van der Waals surface area contributed by atoms with Gasteiger partial charge in [-0.1, -0.05) is 13.8 Å². The smallest absolute Gasteiger partial charge is 0.283 e. The first kappa shape index (κ1) is 10.1. The van der Waals surface area contributed by atoms with Crippen LogP contribution in [0.4, 0.5) is 0 Å². The third kappa shape index (κ3) is 2.21. The lowest BCUT2D eigenvalue weighted by Crippen LogP contribution is -2.14. The number of hydrogen-bond donors (Lipinski definition) is 2. The fraction of sp³-hybridized carbons (Fsp3) is 0.667. The fourth-order valence-corrected chi connectivity index (χ4v) is 1.34. The summed E-state index contributed by atoms with van der Waals surface area (Å²) in [7, 11) is 0. The SMILES string of the molecule is Cc1c([C@H](N)CC(C)C)o[nH]c1=O. The monoisotopic (exact) mass is 184 g/mol. The van der Waals surface area contributed by atoms with Crippen LogP contribution in [0.5, 0.6) is 0 Å². The number of nitrogens with two attached hydrogens (primary N) is 1. The molecule has 1 heterocycles. The first-order valence-corrected chi connectivity index (χ1v) is 4.46. The van der Waals surface area contributed by atoms with Crippen LogP contribution < -0.4 is 11.3 Å². The van der Waals surface area contributed by atoms with E-state index in [0.29, 0.717) is 17.2 Å². The molecule has 0 aliphatic heterocycles. The predicted octanol–water partition coefficient (Wildman–Crippen LogP) is 1.32. The van der Waals surface area contributed by atoms with E-state index in [1.54, 1.807) is 6.92 Å². The Morgan fingerprint density at radius 3 is 2.54 bits per heavy atom. The van der Waals surface area contributed by atoms with Gasteiger partial charge in [0.25, 0.3) is 5.56 Å². The molecule has 1 atom stereocenters. The van der Waals surface area contributed by atoms with Gasteiger partial charge >= 0.3 is 0 Å². The molecule has 13 heavy (non-hydrogen) atoms. The van der Waals surface area contributed by atoms with Gasteiger partial charge in [-0.15, -0.1) is 0 Å². The van der Waals surface area contributed by atoms with Crippen molar-refractivity contribution in [1.29, 1.82) is 0 Å². The van der Waals surface area contributed by atoms with Crippen LogP contribution in [-0.4, -0.2) is 5.16 Å². The van der Waals surface area contributed by atoms with Gasteiger partial charge in [-0.25, -0.2) is 0 Å². The number of hydrogen-bond acceptors (Lipinski definition) is 3. The number of rotatable bonds is 3. The Balaban J connectivity index is 2.83. The summed E-state index contributed by atoms with van der Waals surface area (Å²) in [5.74, 6) is 1.08. The second kappa shape index (κ2) is 3.79. The zero-order chi connectivity index (χ0) is 10.0. The number of nitrogens with one attached hydrogen (secondary N) is 1. The number of H-pyrrole nitrogens is 1. The normalized spacial score (nSPS) is 13.6. The summed E-state index contributed by atoms with van der Waals surface area (Å²) < 4.78 is 5.00. The van der Waals surface area contributed by atoms with Crippen molar-refractivity contribution in [1.82, 2.24) is 5.16 Å². The van der Waals surface area contributed by atoms with Crippen molar-refractivity contribution in [2.24, 2.45) is 11.7 Å². The van der Waals surface area contributed by atoms with E-state index in [-0.39, 0.29) is 11.6 Å². The van der Waals surface area contributed by atoms with Gasteiger partial charge in [0.1, 0.15) is 0 Å². The molecule has 0 aliphatic carbocycles. The highest BCUT2D eigenvalue weighted by Crippen LogP contribution is 2.19. The predicted molar refractivity (Wildman–Crippen MR) is 50.4 cm³/mol. The molecular formula is C9H16N2O2. The molecule has 0 aliphatic rings. The first-order chi connectivity index (χ1) is 6.02. The molecule has 0 radical (unpaired) electrons. The highest BCUT2D eigenvalue weighted by molar-refractivity contribution is 5.14. The van der Waals surface area contributed by atoms with E-state index in [2.05, 4.69) is 19.0 Å². The van der Waals surface area contributed by atoms with Crippen LogP contribution in [0.3, 0.4) is 0 Å². The summed E-state index contributed by atoms with van der Waals surface area (Å²) in [6, 6.07) is -0.182. The van der Waals surface area contributed by atoms with Crippen LogP contribution in [0.25, 0.3) is 0 Å². The average Bonchev–Trinajstić information content (AvgIpc) is 2.31. The van der Waals surface area contributed by atoms with Crippen LogP contribution in [0.1, 0.15) is 37.6 Å². The lowest BCUT2D eigenvalue weighted by atomic mass is 10.0. The molecule has 0 bridgehead atoms. The number of aromatic amines is 1. The van der Waals surface area contributed by atoms with Gasteiger partial charge in [-0.3, -0.25) is 4.79 Å². The molecule has 4 heteroatoms. The quantitative estimate of drug-likeness (QED) is 0.744. The van der Waals surface area contributed by atoms with Crippen LogP contribution in [-0.2, 0) is 0 Å². The lowest BCUT2D eigenvalue weighted by Gasteiger charge is -2.10. The zero-order valence-corrected chi connectivity index (χ0v) is 8.26. The van der Waals surface area contributed by atoms with E-state index in [4.69, 9.17) is 10.3 Å². The molecule has 1 aromatic rings. The molecule has 0 spiro atoms. The molecule has 0 saturated carbocycles. The minimum absolute atomic E-state index is 0.182. The average molecular weight is 184 g/mol. The Bertz CT molecular complexity index is 325. The maximum atomic E-state index is 11.0. The van der Waals surface area contributed by atoms with Crippen molar-refractivity contribution in [2.45, 2.75) is 33.2 Å². The minimum Gasteiger partial charge on any atom is -0.382 e. The maximum Gasteiger partial charge on any atom is 0.283 e. The van der Waals surface area contributed by atoms with E-state index in [1.807, 2.05) is 0 Å². The molecule has 3 N–H and O–H groups in total. The van der Waals surface area contributed by atoms with E-state index in [1.165, 1.54) is 0 Å². The topological polar surface area (TPSA) is 72.0 Å². The van der Waals surface area contributed by atoms with Gasteiger partial charge in [-0.2, -0.15) is 5.16 Å². The van der Waals surface area contributed by atoms with Gasteiger partial charge in [0.15, 0.2) is 5.76 Å². The minimum atomic E-state index is -0.186. The van der Waals surface area contributed by atoms with Crippen molar-refractivity contribution < 1.29 is 4.52 Å². The lowest BCUT2D eigenvalue weighted by molar-refractivity contribution is 0.338. The highest BCUT2D eigenvalue weighted by atomic mass is 16.5. The molecule has 0 amide bonds. The standard InChI is InChI=1S/C9H16N2O2/c1-5(2)4-7(10)8-6(3)9(12)11-13-8/h5,7H,4,10H2,1-3H3,(H,11,12)/t7-/m1/s1. The van der Waals surface area contributed by atoms with Gasteiger partial charge < -0.3 is 10.3 Å². The van der Waals surface area contributed by atoms with Crippen LogP contribution in [0.2, 0.25) is 0 Å². The summed E-state index contributed by atoms with van der Waals surface area (Å²) in [4.78, 5) is 11.0. The van der Waals surface area contributed by atoms with Gasteiger partial charge in [0, 0.05) is 0 Å². The van der Waals surface area contributed by atoms with Crippen LogP contribution >= 0.6 is 0 Å². The van der Waals surface area contributed by atoms with Crippen molar-refractivity contribution in [3.8, 4) is 0 Å². The maximum absolute atomic E-state index is 11.0. The summed E-state index contributed by atoms with van der Waals surface area (Å²) in [6.45, 7) is 5.89. The van der Waals surface area contributed by atoms with Crippen molar-refractivity contribution >= 4 is 0 Å². The Morgan fingerprint density at radius 2 is 2.15 bits per heavy atom. The Labute approximate surface area is 77.1 Å². The molecule has 0 aromatic carbocycles. The third-order valence-corrected chi connectivity index (χ3v) is 2.03. The van der Waals surface area contributed by atoms with Crippen LogP contribution in [0, 0.1) is 12.8 Å². The molecule has 4 nitrogen and oxygen atoms in total. The third-order valence-electron chi connectivity index (χ3n) is 2.03. The largest absolute Gasteiger partial charge is 0.382 e. The Kier molecular flexibility index (Phi) is 2.93. The van der Waals surface area contributed by atoms with E-state index < -0.39 is 0 Å². The molecule has 1 rings (SSSR count). The second-order valence-corrected chi connectivity index (χ2v) is 3.76. The fourth-order valence-electron chi connectivity index (χ4n) is 1.34. The van der Waals surface area contributed by atoms with Crippen molar-refractivity contribution in [3.63, 3.8) is 0 Å². The summed E-state index contributed by atoms with van der Waals surface area (Å²) >= 11 is 0. The molecule has 74 valence electrons. The molecule has 1 aromatic heterocycles.